The topological polar surface area (TPSA) is 48.6 Å². The van der Waals surface area contributed by atoms with Crippen LogP contribution in [0.5, 0.6) is 11.5 Å². The van der Waals surface area contributed by atoms with Gasteiger partial charge in [0.05, 0.1) is 16.7 Å². The molecule has 0 amide bonds. The van der Waals surface area contributed by atoms with Crippen molar-refractivity contribution in [3.63, 3.8) is 0 Å². The molecule has 1 heterocycles. The molecule has 12 rings (SSSR count). The van der Waals surface area contributed by atoms with Crippen molar-refractivity contribution in [2.24, 2.45) is 0 Å². The lowest BCUT2D eigenvalue weighted by Gasteiger charge is -2.31. The Balaban J connectivity index is 1.06. The SMILES string of the molecule is [B]c1c(O)c(N(c2ccc(-c3ccc4c(c3)c3ccccc3n4-c3ccccc3)cc2)c2cc3ccccc3c3ccccc23)c(O)c([B])c1-c1cc2ccccc2c2ccccc12. The zero-order valence-electron chi connectivity index (χ0n) is 34.6. The number of hydrogen-bond acceptors (Lipinski definition) is 3. The highest BCUT2D eigenvalue weighted by molar-refractivity contribution is 6.48. The molecule has 296 valence electrons. The fourth-order valence-electron chi connectivity index (χ4n) is 9.93. The quantitative estimate of drug-likeness (QED) is 0.130. The van der Waals surface area contributed by atoms with Crippen molar-refractivity contribution in [1.29, 1.82) is 0 Å². The van der Waals surface area contributed by atoms with E-state index in [2.05, 4.69) is 126 Å². The molecule has 0 fully saturated rings. The summed E-state index contributed by atoms with van der Waals surface area (Å²) in [5.74, 6) is -0.555. The number of phenolic OH excluding ortho intramolecular Hbond substituents is 2. The number of para-hydroxylation sites is 2. The first-order valence-corrected chi connectivity index (χ1v) is 21.4. The minimum absolute atomic E-state index is 0.0698. The van der Waals surface area contributed by atoms with Gasteiger partial charge in [0.15, 0.2) is 0 Å². The van der Waals surface area contributed by atoms with E-state index in [1.165, 1.54) is 5.39 Å². The van der Waals surface area contributed by atoms with Crippen LogP contribution in [0.2, 0.25) is 0 Å². The molecule has 0 aliphatic rings. The predicted molar refractivity (Wildman–Crippen MR) is 270 cm³/mol. The third-order valence-electron chi connectivity index (χ3n) is 12.9. The number of aromatic nitrogens is 1. The molecular formula is C58H36B2N2O2. The number of benzene rings is 11. The fourth-order valence-corrected chi connectivity index (χ4v) is 9.93. The summed E-state index contributed by atoms with van der Waals surface area (Å²) in [4.78, 5) is 1.88. The van der Waals surface area contributed by atoms with Crippen LogP contribution < -0.4 is 15.8 Å². The lowest BCUT2D eigenvalue weighted by atomic mass is 9.74. The van der Waals surface area contributed by atoms with Crippen LogP contribution in [0.4, 0.5) is 17.1 Å². The molecule has 11 aromatic carbocycles. The average Bonchev–Trinajstić information content (AvgIpc) is 3.68. The Morgan fingerprint density at radius 2 is 0.891 bits per heavy atom. The molecular weight excluding hydrogens is 778 g/mol. The Kier molecular flexibility index (Phi) is 8.63. The third-order valence-corrected chi connectivity index (χ3v) is 12.9. The van der Waals surface area contributed by atoms with Crippen LogP contribution in [0, 0.1) is 0 Å². The van der Waals surface area contributed by atoms with Crippen LogP contribution >= 0.6 is 0 Å². The number of fused-ring (bicyclic) bond motifs is 9. The van der Waals surface area contributed by atoms with Gasteiger partial charge >= 0.3 is 0 Å². The van der Waals surface area contributed by atoms with Crippen molar-refractivity contribution in [1.82, 2.24) is 4.57 Å². The van der Waals surface area contributed by atoms with Gasteiger partial charge in [-0.05, 0) is 125 Å². The van der Waals surface area contributed by atoms with E-state index in [-0.39, 0.29) is 28.1 Å². The van der Waals surface area contributed by atoms with Crippen LogP contribution in [-0.4, -0.2) is 30.5 Å². The molecule has 0 saturated heterocycles. The van der Waals surface area contributed by atoms with Gasteiger partial charge in [-0.3, -0.25) is 0 Å². The van der Waals surface area contributed by atoms with E-state index in [9.17, 15) is 10.2 Å². The Labute approximate surface area is 372 Å². The Hall–Kier alpha value is -8.21. The number of nitrogens with zero attached hydrogens (tertiary/aromatic N) is 2. The number of hydrogen-bond donors (Lipinski definition) is 2. The molecule has 0 atom stereocenters. The highest BCUT2D eigenvalue weighted by atomic mass is 16.3. The Morgan fingerprint density at radius 3 is 1.56 bits per heavy atom. The first-order chi connectivity index (χ1) is 31.4. The Morgan fingerprint density at radius 1 is 0.391 bits per heavy atom. The molecule has 0 aliphatic heterocycles. The van der Waals surface area contributed by atoms with Crippen molar-refractivity contribution in [3.05, 3.63) is 206 Å². The van der Waals surface area contributed by atoms with Crippen LogP contribution in [0.3, 0.4) is 0 Å². The number of rotatable bonds is 6. The molecule has 2 N–H and O–H groups in total. The second-order valence-corrected chi connectivity index (χ2v) is 16.4. The fraction of sp³-hybridized carbons (Fsp3) is 0. The normalized spacial score (nSPS) is 11.7. The number of aromatic hydroxyl groups is 2. The van der Waals surface area contributed by atoms with Gasteiger partial charge in [0.1, 0.15) is 32.9 Å². The summed E-state index contributed by atoms with van der Waals surface area (Å²) in [6.07, 6.45) is 0. The van der Waals surface area contributed by atoms with Crippen LogP contribution in [0.25, 0.3) is 92.8 Å². The summed E-state index contributed by atoms with van der Waals surface area (Å²) in [6, 6.07) is 70.6. The van der Waals surface area contributed by atoms with E-state index in [0.717, 1.165) is 87.6 Å². The molecule has 0 saturated carbocycles. The maximum Gasteiger partial charge on any atom is 0.136 e. The first-order valence-electron chi connectivity index (χ1n) is 21.4. The lowest BCUT2D eigenvalue weighted by Crippen LogP contribution is -2.24. The van der Waals surface area contributed by atoms with Gasteiger partial charge in [0.25, 0.3) is 0 Å². The Bertz CT molecular complexity index is 3810. The zero-order valence-corrected chi connectivity index (χ0v) is 34.6. The molecule has 0 spiro atoms. The maximum atomic E-state index is 12.5. The predicted octanol–water partition coefficient (Wildman–Crippen LogP) is 13.2. The molecule has 4 radical (unpaired) electrons. The second kappa shape index (κ2) is 14.7. The molecule has 0 unspecified atom stereocenters. The summed E-state index contributed by atoms with van der Waals surface area (Å²) in [5, 5.41) is 35.4. The minimum Gasteiger partial charge on any atom is -0.506 e. The average molecular weight is 815 g/mol. The second-order valence-electron chi connectivity index (χ2n) is 16.4. The van der Waals surface area contributed by atoms with Gasteiger partial charge in [-0.25, -0.2) is 0 Å². The summed E-state index contributed by atoms with van der Waals surface area (Å²) in [5.41, 5.74) is 8.22. The molecule has 0 aliphatic carbocycles. The van der Waals surface area contributed by atoms with Crippen molar-refractivity contribution < 1.29 is 10.2 Å². The summed E-state index contributed by atoms with van der Waals surface area (Å²) >= 11 is 0. The van der Waals surface area contributed by atoms with Crippen molar-refractivity contribution in [2.45, 2.75) is 0 Å². The van der Waals surface area contributed by atoms with Crippen LogP contribution in [0.1, 0.15) is 0 Å². The lowest BCUT2D eigenvalue weighted by molar-refractivity contribution is 0.458. The van der Waals surface area contributed by atoms with Gasteiger partial charge < -0.3 is 19.7 Å². The van der Waals surface area contributed by atoms with Crippen molar-refractivity contribution in [2.75, 3.05) is 4.90 Å². The van der Waals surface area contributed by atoms with Gasteiger partial charge in [0, 0.05) is 27.5 Å². The van der Waals surface area contributed by atoms with Gasteiger partial charge in [-0.1, -0.05) is 152 Å². The maximum absolute atomic E-state index is 12.5. The van der Waals surface area contributed by atoms with Gasteiger partial charge in [0.2, 0.25) is 0 Å². The monoisotopic (exact) mass is 814 g/mol. The van der Waals surface area contributed by atoms with E-state index in [1.54, 1.807) is 0 Å². The smallest absolute Gasteiger partial charge is 0.136 e. The standard InChI is InChI=1S/C58H36B2N2O2/c59-54-53(49-33-37-14-4-6-18-41(37)43-20-8-9-22-45(43)49)55(60)58(64)56(57(54)63)62(52-34-38-15-5-7-19-42(38)44-21-10-11-23-46(44)52)40-29-26-35(27-30-40)36-28-31-51-48(32-36)47-24-12-13-25-50(47)61(51)39-16-2-1-3-17-39/h1-34,63-64H. The molecule has 4 nitrogen and oxygen atoms in total. The van der Waals surface area contributed by atoms with Gasteiger partial charge in [-0.15, -0.1) is 0 Å². The highest BCUT2D eigenvalue weighted by Crippen LogP contribution is 2.49. The summed E-state index contributed by atoms with van der Waals surface area (Å²) < 4.78 is 2.31. The molecule has 0 bridgehead atoms. The number of anilines is 3. The first kappa shape index (κ1) is 37.5. The van der Waals surface area contributed by atoms with E-state index >= 15 is 0 Å². The van der Waals surface area contributed by atoms with Crippen molar-refractivity contribution >= 4 is 109 Å². The molecule has 64 heavy (non-hydrogen) atoms. The van der Waals surface area contributed by atoms with E-state index in [0.29, 0.717) is 11.3 Å². The molecule has 1 aromatic heterocycles. The highest BCUT2D eigenvalue weighted by Gasteiger charge is 2.28. The minimum atomic E-state index is -0.277. The van der Waals surface area contributed by atoms with Crippen LogP contribution in [0.15, 0.2) is 206 Å². The van der Waals surface area contributed by atoms with Gasteiger partial charge in [-0.2, -0.15) is 0 Å². The van der Waals surface area contributed by atoms with Crippen LogP contribution in [-0.2, 0) is 0 Å². The van der Waals surface area contributed by atoms with E-state index in [4.69, 9.17) is 15.7 Å². The largest absolute Gasteiger partial charge is 0.506 e. The molecule has 12 aromatic rings. The number of phenols is 2. The summed E-state index contributed by atoms with van der Waals surface area (Å²) in [7, 11) is 14.1. The summed E-state index contributed by atoms with van der Waals surface area (Å²) in [6.45, 7) is 0. The van der Waals surface area contributed by atoms with E-state index in [1.807, 2.05) is 89.8 Å². The van der Waals surface area contributed by atoms with E-state index < -0.39 is 0 Å². The third kappa shape index (κ3) is 5.73. The molecule has 6 heteroatoms. The van der Waals surface area contributed by atoms with Crippen molar-refractivity contribution in [3.8, 4) is 39.4 Å². The zero-order chi connectivity index (χ0) is 43.1.